The Morgan fingerprint density at radius 2 is 1.74 bits per heavy atom. The van der Waals surface area contributed by atoms with E-state index in [-0.39, 0.29) is 11.3 Å². The van der Waals surface area contributed by atoms with E-state index >= 15 is 0 Å². The van der Waals surface area contributed by atoms with Gasteiger partial charge in [0.15, 0.2) is 5.78 Å². The van der Waals surface area contributed by atoms with Crippen LogP contribution < -0.4 is 0 Å². The Kier molecular flexibility index (Phi) is 2.67. The number of ketones is 1. The lowest BCUT2D eigenvalue weighted by molar-refractivity contribution is 0.0696. The van der Waals surface area contributed by atoms with Crippen molar-refractivity contribution in [1.29, 1.82) is 0 Å². The van der Waals surface area contributed by atoms with Crippen molar-refractivity contribution in [3.63, 3.8) is 0 Å². The molecule has 0 heterocycles. The summed E-state index contributed by atoms with van der Waals surface area (Å²) in [6, 6.07) is 12.5. The third kappa shape index (κ3) is 1.93. The summed E-state index contributed by atoms with van der Waals surface area (Å²) in [5.74, 6) is -0.767. The van der Waals surface area contributed by atoms with Gasteiger partial charge in [-0.2, -0.15) is 0 Å². The summed E-state index contributed by atoms with van der Waals surface area (Å²) < 4.78 is 0. The number of aromatic carboxylic acids is 1. The summed E-state index contributed by atoms with van der Waals surface area (Å²) in [4.78, 5) is 22.7. The average Bonchev–Trinajstić information content (AvgIpc) is 2.81. The fourth-order valence-electron chi connectivity index (χ4n) is 2.58. The van der Waals surface area contributed by atoms with Crippen molar-refractivity contribution in [1.82, 2.24) is 0 Å². The zero-order valence-corrected chi connectivity index (χ0v) is 10.2. The van der Waals surface area contributed by atoms with Crippen molar-refractivity contribution in [2.24, 2.45) is 0 Å². The van der Waals surface area contributed by atoms with Gasteiger partial charge < -0.3 is 5.11 Å². The Hall–Kier alpha value is -2.42. The van der Waals surface area contributed by atoms with Gasteiger partial charge in [0.25, 0.3) is 0 Å². The number of hydrogen-bond acceptors (Lipinski definition) is 2. The van der Waals surface area contributed by atoms with Crippen LogP contribution in [-0.2, 0) is 6.42 Å². The van der Waals surface area contributed by atoms with E-state index < -0.39 is 5.97 Å². The molecule has 3 heteroatoms. The Labute approximate surface area is 110 Å². The van der Waals surface area contributed by atoms with Gasteiger partial charge in [-0.15, -0.1) is 0 Å². The maximum absolute atomic E-state index is 11.7. The highest BCUT2D eigenvalue weighted by Gasteiger charge is 2.22. The maximum atomic E-state index is 11.7. The van der Waals surface area contributed by atoms with Crippen molar-refractivity contribution in [2.75, 3.05) is 0 Å². The second-order valence-corrected chi connectivity index (χ2v) is 4.64. The van der Waals surface area contributed by atoms with Gasteiger partial charge in [0.2, 0.25) is 0 Å². The fourth-order valence-corrected chi connectivity index (χ4v) is 2.58. The zero-order chi connectivity index (χ0) is 13.4. The highest BCUT2D eigenvalue weighted by atomic mass is 16.4. The average molecular weight is 252 g/mol. The van der Waals surface area contributed by atoms with Crippen molar-refractivity contribution < 1.29 is 14.7 Å². The van der Waals surface area contributed by atoms with Crippen LogP contribution in [0.2, 0.25) is 0 Å². The molecule has 3 rings (SSSR count). The zero-order valence-electron chi connectivity index (χ0n) is 10.2. The van der Waals surface area contributed by atoms with Gasteiger partial charge in [-0.3, -0.25) is 4.79 Å². The van der Waals surface area contributed by atoms with Crippen molar-refractivity contribution in [3.05, 3.63) is 59.2 Å². The van der Waals surface area contributed by atoms with E-state index in [0.717, 1.165) is 28.7 Å². The first kappa shape index (κ1) is 11.7. The van der Waals surface area contributed by atoms with Crippen LogP contribution in [0.1, 0.15) is 32.7 Å². The summed E-state index contributed by atoms with van der Waals surface area (Å²) in [7, 11) is 0. The maximum Gasteiger partial charge on any atom is 0.335 e. The Bertz CT molecular complexity index is 686. The molecule has 0 spiro atoms. The van der Waals surface area contributed by atoms with Crippen LogP contribution in [0.15, 0.2) is 42.5 Å². The highest BCUT2D eigenvalue weighted by Crippen LogP contribution is 2.32. The molecule has 0 atom stereocenters. The predicted molar refractivity (Wildman–Crippen MR) is 71.5 cm³/mol. The molecule has 0 amide bonds. The van der Waals surface area contributed by atoms with E-state index in [2.05, 4.69) is 0 Å². The number of Topliss-reactive ketones (excluding diaryl/α,β-unsaturated/α-hetero) is 1. The van der Waals surface area contributed by atoms with E-state index in [9.17, 15) is 9.59 Å². The standard InChI is InChI=1S/C16H12O3/c17-15-8-7-13-12(5-2-6-14(13)15)10-3-1-4-11(9-10)16(18)19/h1-6,9H,7-8H2,(H,18,19). The van der Waals surface area contributed by atoms with Crippen LogP contribution in [0.25, 0.3) is 11.1 Å². The van der Waals surface area contributed by atoms with E-state index in [4.69, 9.17) is 5.11 Å². The highest BCUT2D eigenvalue weighted by molar-refractivity contribution is 6.02. The minimum atomic E-state index is -0.939. The Morgan fingerprint density at radius 3 is 2.53 bits per heavy atom. The van der Waals surface area contributed by atoms with Crippen molar-refractivity contribution >= 4 is 11.8 Å². The molecule has 2 aromatic rings. The monoisotopic (exact) mass is 252 g/mol. The third-order valence-electron chi connectivity index (χ3n) is 3.50. The molecule has 1 aliphatic rings. The van der Waals surface area contributed by atoms with E-state index in [1.807, 2.05) is 24.3 Å². The molecule has 0 bridgehead atoms. The van der Waals surface area contributed by atoms with E-state index in [0.29, 0.717) is 6.42 Å². The normalized spacial score (nSPS) is 13.4. The fraction of sp³-hybridized carbons (Fsp3) is 0.125. The second-order valence-electron chi connectivity index (χ2n) is 4.64. The molecule has 0 saturated heterocycles. The number of fused-ring (bicyclic) bond motifs is 1. The van der Waals surface area contributed by atoms with Crippen LogP contribution in [0.5, 0.6) is 0 Å². The molecule has 19 heavy (non-hydrogen) atoms. The van der Waals surface area contributed by atoms with Gasteiger partial charge in [0.05, 0.1) is 5.56 Å². The summed E-state index contributed by atoms with van der Waals surface area (Å²) in [5.41, 5.74) is 3.89. The molecule has 3 nitrogen and oxygen atoms in total. The molecular weight excluding hydrogens is 240 g/mol. The quantitative estimate of drug-likeness (QED) is 0.893. The van der Waals surface area contributed by atoms with Gasteiger partial charge in [0, 0.05) is 12.0 Å². The smallest absolute Gasteiger partial charge is 0.335 e. The molecule has 2 aromatic carbocycles. The van der Waals surface area contributed by atoms with Crippen LogP contribution >= 0.6 is 0 Å². The number of carboxylic acid groups (broad SMARTS) is 1. The lowest BCUT2D eigenvalue weighted by Crippen LogP contribution is -1.97. The van der Waals surface area contributed by atoms with Gasteiger partial charge >= 0.3 is 5.97 Å². The molecular formula is C16H12O3. The number of carboxylic acids is 1. The number of carbonyl (C=O) groups is 2. The van der Waals surface area contributed by atoms with E-state index in [1.54, 1.807) is 18.2 Å². The lowest BCUT2D eigenvalue weighted by Gasteiger charge is -2.08. The van der Waals surface area contributed by atoms with E-state index in [1.165, 1.54) is 0 Å². The van der Waals surface area contributed by atoms with Crippen molar-refractivity contribution in [3.8, 4) is 11.1 Å². The predicted octanol–water partition coefficient (Wildman–Crippen LogP) is 3.18. The molecule has 94 valence electrons. The van der Waals surface area contributed by atoms with Crippen LogP contribution in [0.3, 0.4) is 0 Å². The second kappa shape index (κ2) is 4.35. The lowest BCUT2D eigenvalue weighted by atomic mass is 9.96. The third-order valence-corrected chi connectivity index (χ3v) is 3.50. The molecule has 1 aliphatic carbocycles. The summed E-state index contributed by atoms with van der Waals surface area (Å²) in [6.45, 7) is 0. The largest absolute Gasteiger partial charge is 0.478 e. The minimum Gasteiger partial charge on any atom is -0.478 e. The van der Waals surface area contributed by atoms with Crippen LogP contribution in [0.4, 0.5) is 0 Å². The number of benzene rings is 2. The van der Waals surface area contributed by atoms with Gasteiger partial charge in [-0.25, -0.2) is 4.79 Å². The first-order chi connectivity index (χ1) is 9.16. The molecule has 0 saturated carbocycles. The number of hydrogen-bond donors (Lipinski definition) is 1. The topological polar surface area (TPSA) is 54.4 Å². The SMILES string of the molecule is O=C(O)c1cccc(-c2cccc3c2CCC3=O)c1. The molecule has 0 radical (unpaired) electrons. The van der Waals surface area contributed by atoms with Gasteiger partial charge in [-0.05, 0) is 35.2 Å². The van der Waals surface area contributed by atoms with Gasteiger partial charge in [0.1, 0.15) is 0 Å². The van der Waals surface area contributed by atoms with Crippen molar-refractivity contribution in [2.45, 2.75) is 12.8 Å². The molecule has 1 N–H and O–H groups in total. The van der Waals surface area contributed by atoms with Crippen LogP contribution in [0, 0.1) is 0 Å². The molecule has 0 fully saturated rings. The molecule has 0 aliphatic heterocycles. The number of carbonyl (C=O) groups excluding carboxylic acids is 1. The summed E-state index contributed by atoms with van der Waals surface area (Å²) >= 11 is 0. The minimum absolute atomic E-state index is 0.172. The number of rotatable bonds is 2. The van der Waals surface area contributed by atoms with Crippen LogP contribution in [-0.4, -0.2) is 16.9 Å². The molecule has 0 unspecified atom stereocenters. The summed E-state index contributed by atoms with van der Waals surface area (Å²) in [5, 5.41) is 9.04. The van der Waals surface area contributed by atoms with Gasteiger partial charge in [-0.1, -0.05) is 30.3 Å². The Balaban J connectivity index is 2.16. The first-order valence-electron chi connectivity index (χ1n) is 6.15. The summed E-state index contributed by atoms with van der Waals surface area (Å²) in [6.07, 6.45) is 1.28. The molecule has 0 aromatic heterocycles. The first-order valence-corrected chi connectivity index (χ1v) is 6.15. The Morgan fingerprint density at radius 1 is 1.00 bits per heavy atom.